The molecule has 0 fully saturated rings. The molecule has 0 aromatic heterocycles. The normalized spacial score (nSPS) is 15.4. The van der Waals surface area contributed by atoms with Gasteiger partial charge in [-0.1, -0.05) is 25.1 Å². The Morgan fingerprint density at radius 3 is 2.46 bits per heavy atom. The number of para-hydroxylation sites is 1. The molecule has 2 aliphatic heterocycles. The van der Waals surface area contributed by atoms with Gasteiger partial charge in [-0.25, -0.2) is 0 Å². The van der Waals surface area contributed by atoms with Gasteiger partial charge in [0.2, 0.25) is 5.91 Å². The number of carbonyl (C=O) groups is 2. The van der Waals surface area contributed by atoms with Crippen LogP contribution >= 0.6 is 0 Å². The van der Waals surface area contributed by atoms with Gasteiger partial charge in [0.1, 0.15) is 0 Å². The predicted molar refractivity (Wildman–Crippen MR) is 94.6 cm³/mol. The number of hydrogen-bond acceptors (Lipinski definition) is 2. The number of nitrogens with zero attached hydrogens (tertiary/aromatic N) is 2. The summed E-state index contributed by atoms with van der Waals surface area (Å²) in [7, 11) is 0. The lowest BCUT2D eigenvalue weighted by atomic mass is 10.1. The van der Waals surface area contributed by atoms with E-state index in [0.29, 0.717) is 18.5 Å². The van der Waals surface area contributed by atoms with Crippen molar-refractivity contribution in [1.82, 2.24) is 0 Å². The molecule has 2 aromatic rings. The monoisotopic (exact) mass is 320 g/mol. The van der Waals surface area contributed by atoms with E-state index < -0.39 is 0 Å². The highest BCUT2D eigenvalue weighted by molar-refractivity contribution is 6.08. The van der Waals surface area contributed by atoms with Crippen molar-refractivity contribution in [2.24, 2.45) is 0 Å². The zero-order valence-corrected chi connectivity index (χ0v) is 13.8. The largest absolute Gasteiger partial charge is 0.312 e. The minimum Gasteiger partial charge on any atom is -0.312 e. The molecule has 2 amide bonds. The fraction of sp³-hybridized carbons (Fsp3) is 0.300. The van der Waals surface area contributed by atoms with Crippen LogP contribution in [-0.4, -0.2) is 24.9 Å². The SMILES string of the molecule is CCC(=O)N1CCc2cc(C(=O)N3CCc4ccccc43)ccc21. The van der Waals surface area contributed by atoms with E-state index in [2.05, 4.69) is 6.07 Å². The average Bonchev–Trinajstić information content (AvgIpc) is 3.24. The molecule has 122 valence electrons. The van der Waals surface area contributed by atoms with Crippen molar-refractivity contribution in [2.45, 2.75) is 26.2 Å². The van der Waals surface area contributed by atoms with Crippen molar-refractivity contribution in [3.63, 3.8) is 0 Å². The topological polar surface area (TPSA) is 40.6 Å². The summed E-state index contributed by atoms with van der Waals surface area (Å²) >= 11 is 0. The maximum Gasteiger partial charge on any atom is 0.258 e. The Hall–Kier alpha value is -2.62. The van der Waals surface area contributed by atoms with Gasteiger partial charge in [0.25, 0.3) is 5.91 Å². The Morgan fingerprint density at radius 2 is 1.62 bits per heavy atom. The van der Waals surface area contributed by atoms with Gasteiger partial charge in [0.15, 0.2) is 0 Å². The maximum atomic E-state index is 12.9. The van der Waals surface area contributed by atoms with Crippen molar-refractivity contribution < 1.29 is 9.59 Å². The van der Waals surface area contributed by atoms with Crippen molar-refractivity contribution >= 4 is 23.2 Å². The van der Waals surface area contributed by atoms with Gasteiger partial charge < -0.3 is 9.80 Å². The molecule has 0 N–H and O–H groups in total. The number of anilines is 2. The van der Waals surface area contributed by atoms with E-state index in [1.54, 1.807) is 0 Å². The van der Waals surface area contributed by atoms with Gasteiger partial charge in [0, 0.05) is 36.4 Å². The van der Waals surface area contributed by atoms with Crippen LogP contribution in [0.15, 0.2) is 42.5 Å². The van der Waals surface area contributed by atoms with Gasteiger partial charge in [-0.3, -0.25) is 9.59 Å². The third-order valence-electron chi connectivity index (χ3n) is 4.96. The Morgan fingerprint density at radius 1 is 0.917 bits per heavy atom. The number of hydrogen-bond donors (Lipinski definition) is 0. The van der Waals surface area contributed by atoms with Crippen LogP contribution in [0.5, 0.6) is 0 Å². The first-order valence-corrected chi connectivity index (χ1v) is 8.52. The second kappa shape index (κ2) is 5.78. The molecule has 24 heavy (non-hydrogen) atoms. The quantitative estimate of drug-likeness (QED) is 0.852. The smallest absolute Gasteiger partial charge is 0.258 e. The minimum atomic E-state index is 0.0445. The number of rotatable bonds is 2. The van der Waals surface area contributed by atoms with E-state index in [1.807, 2.05) is 53.1 Å². The summed E-state index contributed by atoms with van der Waals surface area (Å²) in [6.45, 7) is 3.32. The van der Waals surface area contributed by atoms with Crippen LogP contribution in [0.4, 0.5) is 11.4 Å². The van der Waals surface area contributed by atoms with Gasteiger partial charge in [-0.2, -0.15) is 0 Å². The van der Waals surface area contributed by atoms with Crippen LogP contribution in [0.2, 0.25) is 0 Å². The summed E-state index contributed by atoms with van der Waals surface area (Å²) in [5, 5.41) is 0. The van der Waals surface area contributed by atoms with E-state index in [1.165, 1.54) is 5.56 Å². The first kappa shape index (κ1) is 14.9. The van der Waals surface area contributed by atoms with Crippen LogP contribution < -0.4 is 9.80 Å². The molecule has 4 nitrogen and oxygen atoms in total. The Kier molecular flexibility index (Phi) is 3.60. The fourth-order valence-electron chi connectivity index (χ4n) is 3.69. The van der Waals surface area contributed by atoms with Crippen molar-refractivity contribution in [3.05, 3.63) is 59.2 Å². The summed E-state index contributed by atoms with van der Waals surface area (Å²) < 4.78 is 0. The van der Waals surface area contributed by atoms with Crippen molar-refractivity contribution in [3.8, 4) is 0 Å². The molecule has 0 spiro atoms. The van der Waals surface area contributed by atoms with Crippen LogP contribution in [0, 0.1) is 0 Å². The number of fused-ring (bicyclic) bond motifs is 2. The van der Waals surface area contributed by atoms with Crippen molar-refractivity contribution in [2.75, 3.05) is 22.9 Å². The molecule has 0 aliphatic carbocycles. The molecule has 2 heterocycles. The zero-order valence-electron chi connectivity index (χ0n) is 13.8. The molecule has 0 unspecified atom stereocenters. The maximum absolute atomic E-state index is 12.9. The van der Waals surface area contributed by atoms with E-state index >= 15 is 0 Å². The molecule has 0 atom stereocenters. The van der Waals surface area contributed by atoms with Crippen molar-refractivity contribution in [1.29, 1.82) is 0 Å². The predicted octanol–water partition coefficient (Wildman–Crippen LogP) is 3.19. The summed E-state index contributed by atoms with van der Waals surface area (Å²) in [5.41, 5.74) is 5.00. The molecule has 2 aliphatic rings. The first-order chi connectivity index (χ1) is 11.7. The first-order valence-electron chi connectivity index (χ1n) is 8.52. The number of benzene rings is 2. The summed E-state index contributed by atoms with van der Waals surface area (Å²) in [4.78, 5) is 28.6. The lowest BCUT2D eigenvalue weighted by Crippen LogP contribution is -2.29. The van der Waals surface area contributed by atoms with Crippen LogP contribution in [0.1, 0.15) is 34.8 Å². The second-order valence-electron chi connectivity index (χ2n) is 6.33. The van der Waals surface area contributed by atoms with Gasteiger partial charge in [-0.15, -0.1) is 0 Å². The lowest BCUT2D eigenvalue weighted by Gasteiger charge is -2.19. The molecule has 0 saturated carbocycles. The third kappa shape index (κ3) is 2.30. The second-order valence-corrected chi connectivity index (χ2v) is 6.33. The summed E-state index contributed by atoms with van der Waals surface area (Å²) in [6, 6.07) is 13.8. The van der Waals surface area contributed by atoms with Crippen LogP contribution in [-0.2, 0) is 17.6 Å². The van der Waals surface area contributed by atoms with E-state index in [4.69, 9.17) is 0 Å². The highest BCUT2D eigenvalue weighted by Gasteiger charge is 2.28. The van der Waals surface area contributed by atoms with Crippen LogP contribution in [0.3, 0.4) is 0 Å². The fourth-order valence-corrected chi connectivity index (χ4v) is 3.69. The minimum absolute atomic E-state index is 0.0445. The van der Waals surface area contributed by atoms with E-state index in [-0.39, 0.29) is 11.8 Å². The highest BCUT2D eigenvalue weighted by Crippen LogP contribution is 2.32. The van der Waals surface area contributed by atoms with E-state index in [9.17, 15) is 9.59 Å². The molecular formula is C20H20N2O2. The highest BCUT2D eigenvalue weighted by atomic mass is 16.2. The lowest BCUT2D eigenvalue weighted by molar-refractivity contribution is -0.118. The van der Waals surface area contributed by atoms with Crippen LogP contribution in [0.25, 0.3) is 0 Å². The van der Waals surface area contributed by atoms with Gasteiger partial charge >= 0.3 is 0 Å². The number of amides is 2. The average molecular weight is 320 g/mol. The standard InChI is InChI=1S/C20H20N2O2/c1-2-19(23)21-11-10-15-13-16(7-8-18(15)21)20(24)22-12-9-14-5-3-4-6-17(14)22/h3-8,13H,2,9-12H2,1H3. The van der Waals surface area contributed by atoms with Gasteiger partial charge in [0.05, 0.1) is 0 Å². The Bertz CT molecular complexity index is 828. The van der Waals surface area contributed by atoms with E-state index in [0.717, 1.165) is 36.3 Å². The Labute approximate surface area is 141 Å². The Balaban J connectivity index is 1.63. The summed E-state index contributed by atoms with van der Waals surface area (Å²) in [6.07, 6.45) is 2.23. The molecular weight excluding hydrogens is 300 g/mol. The molecule has 0 bridgehead atoms. The van der Waals surface area contributed by atoms with Gasteiger partial charge in [-0.05, 0) is 48.2 Å². The summed E-state index contributed by atoms with van der Waals surface area (Å²) in [5.74, 6) is 0.185. The molecule has 4 heteroatoms. The number of carbonyl (C=O) groups excluding carboxylic acids is 2. The molecule has 0 radical (unpaired) electrons. The molecule has 4 rings (SSSR count). The molecule has 2 aromatic carbocycles. The molecule has 0 saturated heterocycles. The zero-order chi connectivity index (χ0) is 16.7. The third-order valence-corrected chi connectivity index (χ3v) is 4.96.